The van der Waals surface area contributed by atoms with Gasteiger partial charge in [0.05, 0.1) is 0 Å². The van der Waals surface area contributed by atoms with Crippen molar-refractivity contribution in [3.05, 3.63) is 0 Å². The van der Waals surface area contributed by atoms with Gasteiger partial charge in [0.25, 0.3) is 0 Å². The number of alkyl halides is 3. The molecule has 94 valence electrons. The summed E-state index contributed by atoms with van der Waals surface area (Å²) in [7, 11) is 0. The molecule has 0 aromatic rings. The fraction of sp³-hybridized carbons (Fsp3) is 0.900. The van der Waals surface area contributed by atoms with Crippen molar-refractivity contribution in [2.75, 3.05) is 6.54 Å². The van der Waals surface area contributed by atoms with Gasteiger partial charge in [-0.15, -0.1) is 0 Å². The van der Waals surface area contributed by atoms with Gasteiger partial charge in [0, 0.05) is 12.1 Å². The van der Waals surface area contributed by atoms with Crippen LogP contribution in [0.25, 0.3) is 0 Å². The first-order valence-corrected chi connectivity index (χ1v) is 5.39. The number of nitrogens with one attached hydrogen (secondary N) is 2. The maximum Gasteiger partial charge on any atom is 0.397 e. The number of carbonyl (C=O) groups excluding carboxylic acids is 1. The highest BCUT2D eigenvalue weighted by atomic mass is 19.4. The minimum atomic E-state index is -4.43. The lowest BCUT2D eigenvalue weighted by Gasteiger charge is -2.36. The Morgan fingerprint density at radius 3 is 2.56 bits per heavy atom. The molecule has 1 amide bonds. The molecule has 0 saturated carbocycles. The highest BCUT2D eigenvalue weighted by Crippen LogP contribution is 2.21. The molecule has 1 aliphatic rings. The highest BCUT2D eigenvalue weighted by molar-refractivity contribution is 5.77. The van der Waals surface area contributed by atoms with Gasteiger partial charge in [0.1, 0.15) is 6.42 Å². The minimum Gasteiger partial charge on any atom is -0.351 e. The van der Waals surface area contributed by atoms with Crippen molar-refractivity contribution in [3.8, 4) is 0 Å². The Labute approximate surface area is 92.8 Å². The van der Waals surface area contributed by atoms with Crippen LogP contribution in [0.2, 0.25) is 0 Å². The Kier molecular flexibility index (Phi) is 4.18. The van der Waals surface area contributed by atoms with E-state index in [2.05, 4.69) is 10.6 Å². The van der Waals surface area contributed by atoms with E-state index < -0.39 is 18.5 Å². The first kappa shape index (κ1) is 13.3. The number of amides is 1. The zero-order valence-corrected chi connectivity index (χ0v) is 9.40. The molecule has 6 heteroatoms. The van der Waals surface area contributed by atoms with Gasteiger partial charge in [-0.2, -0.15) is 13.2 Å². The van der Waals surface area contributed by atoms with Crippen LogP contribution in [0.3, 0.4) is 0 Å². The van der Waals surface area contributed by atoms with Crippen LogP contribution in [0.1, 0.15) is 26.7 Å². The van der Waals surface area contributed by atoms with Crippen LogP contribution < -0.4 is 10.6 Å². The third-order valence-electron chi connectivity index (χ3n) is 2.91. The molecular formula is C10H17F3N2O. The summed E-state index contributed by atoms with van der Waals surface area (Å²) in [6.07, 6.45) is -4.97. The number of rotatable bonds is 2. The van der Waals surface area contributed by atoms with Crippen molar-refractivity contribution < 1.29 is 18.0 Å². The lowest BCUT2D eigenvalue weighted by Crippen LogP contribution is -2.56. The van der Waals surface area contributed by atoms with Crippen molar-refractivity contribution in [3.63, 3.8) is 0 Å². The molecule has 0 radical (unpaired) electrons. The third kappa shape index (κ3) is 4.00. The maximum atomic E-state index is 12.0. The number of hydrogen-bond donors (Lipinski definition) is 2. The number of carbonyl (C=O) groups is 1. The average molecular weight is 238 g/mol. The van der Waals surface area contributed by atoms with Crippen LogP contribution >= 0.6 is 0 Å². The predicted octanol–water partition coefficient (Wildman–Crippen LogP) is 1.44. The van der Waals surface area contributed by atoms with Crippen molar-refractivity contribution in [1.82, 2.24) is 10.6 Å². The Morgan fingerprint density at radius 2 is 2.06 bits per heavy atom. The van der Waals surface area contributed by atoms with Crippen LogP contribution in [0.15, 0.2) is 0 Å². The molecule has 1 aliphatic heterocycles. The lowest BCUT2D eigenvalue weighted by atomic mass is 9.89. The summed E-state index contributed by atoms with van der Waals surface area (Å²) in [4.78, 5) is 11.2. The fourth-order valence-corrected chi connectivity index (χ4v) is 2.02. The van der Waals surface area contributed by atoms with Gasteiger partial charge in [-0.1, -0.05) is 6.92 Å². The van der Waals surface area contributed by atoms with Crippen LogP contribution in [0, 0.1) is 5.92 Å². The summed E-state index contributed by atoms with van der Waals surface area (Å²) in [6, 6.07) is -0.204. The van der Waals surface area contributed by atoms with Gasteiger partial charge in [0.2, 0.25) is 5.91 Å². The molecule has 3 unspecified atom stereocenters. The second-order valence-electron chi connectivity index (χ2n) is 4.39. The first-order valence-electron chi connectivity index (χ1n) is 5.39. The van der Waals surface area contributed by atoms with E-state index in [4.69, 9.17) is 0 Å². The zero-order valence-electron chi connectivity index (χ0n) is 9.40. The monoisotopic (exact) mass is 238 g/mol. The zero-order chi connectivity index (χ0) is 12.3. The van der Waals surface area contributed by atoms with Gasteiger partial charge in [-0.05, 0) is 25.8 Å². The van der Waals surface area contributed by atoms with E-state index in [0.717, 1.165) is 13.0 Å². The van der Waals surface area contributed by atoms with Gasteiger partial charge in [-0.25, -0.2) is 0 Å². The number of halogens is 3. The van der Waals surface area contributed by atoms with E-state index in [-0.39, 0.29) is 18.0 Å². The second-order valence-corrected chi connectivity index (χ2v) is 4.39. The summed E-state index contributed by atoms with van der Waals surface area (Å²) >= 11 is 0. The molecule has 16 heavy (non-hydrogen) atoms. The summed E-state index contributed by atoms with van der Waals surface area (Å²) < 4.78 is 35.9. The molecule has 1 heterocycles. The molecular weight excluding hydrogens is 221 g/mol. The van der Waals surface area contributed by atoms with E-state index in [1.165, 1.54) is 0 Å². The van der Waals surface area contributed by atoms with E-state index in [1.54, 1.807) is 0 Å². The SMILES string of the molecule is CC1CCNC(C)C1NC(=O)CC(F)(F)F. The van der Waals surface area contributed by atoms with E-state index in [9.17, 15) is 18.0 Å². The standard InChI is InChI=1S/C10H17F3N2O/c1-6-3-4-14-7(2)9(6)15-8(16)5-10(11,12)13/h6-7,9,14H,3-5H2,1-2H3,(H,15,16). The van der Waals surface area contributed by atoms with Crippen molar-refractivity contribution in [2.24, 2.45) is 5.92 Å². The summed E-state index contributed by atoms with van der Waals surface area (Å²) in [5, 5.41) is 5.59. The molecule has 0 bridgehead atoms. The fourth-order valence-electron chi connectivity index (χ4n) is 2.02. The molecule has 1 fully saturated rings. The Morgan fingerprint density at radius 1 is 1.44 bits per heavy atom. The molecule has 0 spiro atoms. The quantitative estimate of drug-likeness (QED) is 0.764. The predicted molar refractivity (Wildman–Crippen MR) is 53.8 cm³/mol. The molecule has 2 N–H and O–H groups in total. The van der Waals surface area contributed by atoms with Crippen LogP contribution in [-0.4, -0.2) is 30.7 Å². The van der Waals surface area contributed by atoms with Crippen LogP contribution in [-0.2, 0) is 4.79 Å². The number of hydrogen-bond acceptors (Lipinski definition) is 2. The van der Waals surface area contributed by atoms with E-state index >= 15 is 0 Å². The first-order chi connectivity index (χ1) is 7.29. The van der Waals surface area contributed by atoms with E-state index in [0.29, 0.717) is 0 Å². The molecule has 1 saturated heterocycles. The van der Waals surface area contributed by atoms with Crippen LogP contribution in [0.5, 0.6) is 0 Å². The van der Waals surface area contributed by atoms with Gasteiger partial charge < -0.3 is 10.6 Å². The second kappa shape index (κ2) is 5.03. The molecule has 3 atom stereocenters. The van der Waals surface area contributed by atoms with Crippen molar-refractivity contribution in [2.45, 2.75) is 44.9 Å². The lowest BCUT2D eigenvalue weighted by molar-refractivity contribution is -0.154. The van der Waals surface area contributed by atoms with Crippen molar-refractivity contribution >= 4 is 5.91 Å². The highest BCUT2D eigenvalue weighted by Gasteiger charge is 2.34. The molecule has 0 aromatic carbocycles. The molecule has 1 rings (SSSR count). The summed E-state index contributed by atoms with van der Waals surface area (Å²) in [6.45, 7) is 4.65. The Bertz CT molecular complexity index is 245. The molecule has 0 aliphatic carbocycles. The largest absolute Gasteiger partial charge is 0.397 e. The van der Waals surface area contributed by atoms with Gasteiger partial charge >= 0.3 is 6.18 Å². The Balaban J connectivity index is 2.48. The number of piperidine rings is 1. The van der Waals surface area contributed by atoms with Gasteiger partial charge in [0.15, 0.2) is 0 Å². The van der Waals surface area contributed by atoms with Crippen LogP contribution in [0.4, 0.5) is 13.2 Å². The Hall–Kier alpha value is -0.780. The average Bonchev–Trinajstić information content (AvgIpc) is 2.08. The summed E-state index contributed by atoms with van der Waals surface area (Å²) in [5.74, 6) is -0.742. The normalized spacial score (nSPS) is 31.2. The topological polar surface area (TPSA) is 41.1 Å². The summed E-state index contributed by atoms with van der Waals surface area (Å²) in [5.41, 5.74) is 0. The van der Waals surface area contributed by atoms with Gasteiger partial charge in [-0.3, -0.25) is 4.79 Å². The minimum absolute atomic E-state index is 0.0148. The maximum absolute atomic E-state index is 12.0. The van der Waals surface area contributed by atoms with E-state index in [1.807, 2.05) is 13.8 Å². The molecule has 3 nitrogen and oxygen atoms in total. The third-order valence-corrected chi connectivity index (χ3v) is 2.91. The molecule has 0 aromatic heterocycles. The smallest absolute Gasteiger partial charge is 0.351 e. The van der Waals surface area contributed by atoms with Crippen molar-refractivity contribution in [1.29, 1.82) is 0 Å².